The van der Waals surface area contributed by atoms with Crippen molar-refractivity contribution in [3.8, 4) is 0 Å². The van der Waals surface area contributed by atoms with Gasteiger partial charge < -0.3 is 14.2 Å². The van der Waals surface area contributed by atoms with Crippen LogP contribution in [0.1, 0.15) is 194 Å². The summed E-state index contributed by atoms with van der Waals surface area (Å²) in [5, 5.41) is 0. The highest BCUT2D eigenvalue weighted by Crippen LogP contribution is 2.15. The lowest BCUT2D eigenvalue weighted by Crippen LogP contribution is -2.30. The van der Waals surface area contributed by atoms with Gasteiger partial charge >= 0.3 is 17.9 Å². The van der Waals surface area contributed by atoms with E-state index in [1.807, 2.05) is 12.2 Å². The highest BCUT2D eigenvalue weighted by molar-refractivity contribution is 5.72. The van der Waals surface area contributed by atoms with E-state index in [-0.39, 0.29) is 32.0 Å². The summed E-state index contributed by atoms with van der Waals surface area (Å²) in [6.45, 7) is 6.19. The smallest absolute Gasteiger partial charge is 0.310 e. The summed E-state index contributed by atoms with van der Waals surface area (Å²) in [6.07, 6.45) is 52.5. The standard InChI is InChI=1S/C48H80O6/c1-4-7-10-13-16-19-20-21-22-23-24-25-26-27-30-32-35-38-41-47(50)53-44-45(54-48(51)42-39-36-33-29-18-15-12-9-6-3)43-52-46(49)40-37-34-31-28-17-14-11-8-5-2/h8-9,11-12,17-18,28-29,34,36-37,39,45H,4-7,10,13-16,19-27,30-33,35,38,40-44H2,1-3H3/b11-8-,12-9-,28-17-,29-18-,37-34-,39-36-. The van der Waals surface area contributed by atoms with Crippen molar-refractivity contribution in [2.24, 2.45) is 0 Å². The molecule has 6 nitrogen and oxygen atoms in total. The minimum Gasteiger partial charge on any atom is -0.462 e. The molecule has 54 heavy (non-hydrogen) atoms. The maximum atomic E-state index is 12.6. The van der Waals surface area contributed by atoms with Gasteiger partial charge in [0.15, 0.2) is 6.10 Å². The van der Waals surface area contributed by atoms with Crippen molar-refractivity contribution in [2.75, 3.05) is 13.2 Å². The van der Waals surface area contributed by atoms with Crippen LogP contribution >= 0.6 is 0 Å². The maximum absolute atomic E-state index is 12.6. The van der Waals surface area contributed by atoms with Crippen LogP contribution in [0.25, 0.3) is 0 Å². The summed E-state index contributed by atoms with van der Waals surface area (Å²) in [4.78, 5) is 37.4. The molecule has 0 radical (unpaired) electrons. The third-order valence-electron chi connectivity index (χ3n) is 9.02. The van der Waals surface area contributed by atoms with Crippen molar-refractivity contribution in [1.82, 2.24) is 0 Å². The third-order valence-corrected chi connectivity index (χ3v) is 9.02. The van der Waals surface area contributed by atoms with Gasteiger partial charge in [0.2, 0.25) is 0 Å². The molecular weight excluding hydrogens is 673 g/mol. The zero-order valence-corrected chi connectivity index (χ0v) is 35.0. The number of carbonyl (C=O) groups is 3. The Morgan fingerprint density at radius 3 is 1.13 bits per heavy atom. The molecule has 0 aliphatic carbocycles. The fraction of sp³-hybridized carbons (Fsp3) is 0.688. The van der Waals surface area contributed by atoms with Crippen LogP contribution in [0, 0.1) is 0 Å². The lowest BCUT2D eigenvalue weighted by Gasteiger charge is -2.17. The Bertz CT molecular complexity index is 1050. The van der Waals surface area contributed by atoms with Gasteiger partial charge in [-0.05, 0) is 44.9 Å². The Balaban J connectivity index is 4.36. The zero-order chi connectivity index (χ0) is 39.4. The van der Waals surface area contributed by atoms with Crippen LogP contribution in [0.2, 0.25) is 0 Å². The SMILES string of the molecule is CC/C=C\C/C=C\C/C=C\CC(=O)OCC(COC(=O)CCCCCCCCCCCCCCCCCCCC)OC(=O)C/C=C\C/C=C\C/C=C\CC. The summed E-state index contributed by atoms with van der Waals surface area (Å²) in [5.41, 5.74) is 0. The first-order chi connectivity index (χ1) is 26.5. The van der Waals surface area contributed by atoms with Crippen LogP contribution in [0.4, 0.5) is 0 Å². The van der Waals surface area contributed by atoms with Gasteiger partial charge in [-0.15, -0.1) is 0 Å². The number of carbonyl (C=O) groups excluding carboxylic acids is 3. The van der Waals surface area contributed by atoms with Crippen LogP contribution < -0.4 is 0 Å². The molecule has 0 fully saturated rings. The van der Waals surface area contributed by atoms with E-state index in [9.17, 15) is 14.4 Å². The first-order valence-corrected chi connectivity index (χ1v) is 21.9. The topological polar surface area (TPSA) is 78.9 Å². The van der Waals surface area contributed by atoms with Crippen LogP contribution in [0.3, 0.4) is 0 Å². The predicted octanol–water partition coefficient (Wildman–Crippen LogP) is 13.9. The maximum Gasteiger partial charge on any atom is 0.310 e. The number of ether oxygens (including phenoxy) is 3. The predicted molar refractivity (Wildman–Crippen MR) is 228 cm³/mol. The normalized spacial score (nSPS) is 12.7. The molecule has 0 rings (SSSR count). The Kier molecular flexibility index (Phi) is 40.1. The number of hydrogen-bond acceptors (Lipinski definition) is 6. The van der Waals surface area contributed by atoms with Gasteiger partial charge in [-0.1, -0.05) is 203 Å². The molecule has 0 aliphatic heterocycles. The number of esters is 3. The van der Waals surface area contributed by atoms with Gasteiger partial charge in [-0.3, -0.25) is 14.4 Å². The monoisotopic (exact) mass is 753 g/mol. The van der Waals surface area contributed by atoms with E-state index in [1.165, 1.54) is 96.3 Å². The molecule has 0 saturated carbocycles. The van der Waals surface area contributed by atoms with Crippen LogP contribution in [0.5, 0.6) is 0 Å². The van der Waals surface area contributed by atoms with Crippen molar-refractivity contribution in [1.29, 1.82) is 0 Å². The Labute approximate surface area is 332 Å². The van der Waals surface area contributed by atoms with E-state index in [0.717, 1.165) is 57.8 Å². The second-order valence-electron chi connectivity index (χ2n) is 14.2. The number of allylic oxidation sites excluding steroid dienone is 10. The first-order valence-electron chi connectivity index (χ1n) is 21.9. The fourth-order valence-electron chi connectivity index (χ4n) is 5.80. The summed E-state index contributed by atoms with van der Waals surface area (Å²) < 4.78 is 16.4. The highest BCUT2D eigenvalue weighted by atomic mass is 16.6. The molecule has 0 spiro atoms. The van der Waals surface area contributed by atoms with E-state index < -0.39 is 18.0 Å². The van der Waals surface area contributed by atoms with E-state index in [0.29, 0.717) is 6.42 Å². The van der Waals surface area contributed by atoms with Crippen molar-refractivity contribution in [2.45, 2.75) is 200 Å². The van der Waals surface area contributed by atoms with Gasteiger partial charge in [-0.2, -0.15) is 0 Å². The molecule has 6 heteroatoms. The van der Waals surface area contributed by atoms with Crippen LogP contribution in [0.15, 0.2) is 72.9 Å². The molecule has 1 atom stereocenters. The summed E-state index contributed by atoms with van der Waals surface area (Å²) in [6, 6.07) is 0. The molecule has 0 N–H and O–H groups in total. The van der Waals surface area contributed by atoms with E-state index in [2.05, 4.69) is 69.4 Å². The van der Waals surface area contributed by atoms with Crippen molar-refractivity contribution in [3.63, 3.8) is 0 Å². The quantitative estimate of drug-likeness (QED) is 0.0270. The molecule has 0 aliphatic rings. The Morgan fingerprint density at radius 1 is 0.389 bits per heavy atom. The average Bonchev–Trinajstić information content (AvgIpc) is 3.17. The van der Waals surface area contributed by atoms with Gasteiger partial charge in [0, 0.05) is 6.42 Å². The van der Waals surface area contributed by atoms with Crippen LogP contribution in [-0.4, -0.2) is 37.2 Å². The van der Waals surface area contributed by atoms with Gasteiger partial charge in [0.1, 0.15) is 13.2 Å². The molecule has 0 aromatic carbocycles. The van der Waals surface area contributed by atoms with Crippen molar-refractivity contribution >= 4 is 17.9 Å². The highest BCUT2D eigenvalue weighted by Gasteiger charge is 2.19. The molecule has 308 valence electrons. The molecule has 0 heterocycles. The third kappa shape index (κ3) is 40.0. The van der Waals surface area contributed by atoms with Crippen molar-refractivity contribution in [3.05, 3.63) is 72.9 Å². The van der Waals surface area contributed by atoms with E-state index in [1.54, 1.807) is 12.2 Å². The first kappa shape index (κ1) is 50.9. The molecule has 1 unspecified atom stereocenters. The molecule has 0 bridgehead atoms. The number of unbranched alkanes of at least 4 members (excludes halogenated alkanes) is 17. The average molecular weight is 753 g/mol. The van der Waals surface area contributed by atoms with Gasteiger partial charge in [-0.25, -0.2) is 0 Å². The minimum atomic E-state index is -0.854. The Morgan fingerprint density at radius 2 is 0.722 bits per heavy atom. The van der Waals surface area contributed by atoms with Crippen LogP contribution in [-0.2, 0) is 28.6 Å². The minimum absolute atomic E-state index is 0.0891. The second kappa shape index (κ2) is 42.6. The lowest BCUT2D eigenvalue weighted by atomic mass is 10.0. The van der Waals surface area contributed by atoms with Gasteiger partial charge in [0.25, 0.3) is 0 Å². The second-order valence-corrected chi connectivity index (χ2v) is 14.2. The largest absolute Gasteiger partial charge is 0.462 e. The number of hydrogen-bond donors (Lipinski definition) is 0. The molecule has 0 aromatic heterocycles. The van der Waals surface area contributed by atoms with E-state index in [4.69, 9.17) is 14.2 Å². The molecule has 0 saturated heterocycles. The number of rotatable bonds is 38. The molecule has 0 aromatic rings. The van der Waals surface area contributed by atoms with E-state index >= 15 is 0 Å². The van der Waals surface area contributed by atoms with Gasteiger partial charge in [0.05, 0.1) is 12.8 Å². The lowest BCUT2D eigenvalue weighted by molar-refractivity contribution is -0.166. The van der Waals surface area contributed by atoms with Crippen molar-refractivity contribution < 1.29 is 28.6 Å². The fourth-order valence-corrected chi connectivity index (χ4v) is 5.80. The Hall–Kier alpha value is -3.15. The summed E-state index contributed by atoms with van der Waals surface area (Å²) >= 11 is 0. The molecular formula is C48H80O6. The summed E-state index contributed by atoms with van der Waals surface area (Å²) in [7, 11) is 0. The summed E-state index contributed by atoms with van der Waals surface area (Å²) in [5.74, 6) is -1.20. The molecule has 0 amide bonds. The zero-order valence-electron chi connectivity index (χ0n) is 35.0.